The first-order chi connectivity index (χ1) is 8.27. The van der Waals surface area contributed by atoms with Gasteiger partial charge in [-0.2, -0.15) is 0 Å². The number of hydrogen-bond donors (Lipinski definition) is 1. The molecular formula is C13H19N3O. The molecule has 4 nitrogen and oxygen atoms in total. The van der Waals surface area contributed by atoms with Crippen LogP contribution in [-0.4, -0.2) is 31.3 Å². The molecule has 2 aliphatic heterocycles. The maximum atomic E-state index is 5.60. The summed E-state index contributed by atoms with van der Waals surface area (Å²) in [5, 5.41) is 0. The fraction of sp³-hybridized carbons (Fsp3) is 0.615. The van der Waals surface area contributed by atoms with Gasteiger partial charge in [-0.25, -0.2) is 4.98 Å². The Balaban J connectivity index is 1.66. The molecule has 1 spiro atoms. The SMILES string of the molecule is Nc1ccc(N2CCC3(CCOC3)CC2)cn1. The van der Waals surface area contributed by atoms with Crippen molar-refractivity contribution < 1.29 is 4.74 Å². The van der Waals surface area contributed by atoms with Gasteiger partial charge in [0.25, 0.3) is 0 Å². The van der Waals surface area contributed by atoms with E-state index in [-0.39, 0.29) is 0 Å². The van der Waals surface area contributed by atoms with Crippen molar-refractivity contribution in [1.82, 2.24) is 4.98 Å². The Morgan fingerprint density at radius 2 is 2.06 bits per heavy atom. The first-order valence-corrected chi connectivity index (χ1v) is 6.32. The van der Waals surface area contributed by atoms with Crippen molar-refractivity contribution in [2.45, 2.75) is 19.3 Å². The van der Waals surface area contributed by atoms with E-state index in [0.717, 1.165) is 26.3 Å². The number of anilines is 2. The molecule has 1 aromatic rings. The normalized spacial score (nSPS) is 23.2. The van der Waals surface area contributed by atoms with Crippen LogP contribution in [0, 0.1) is 5.41 Å². The molecule has 2 saturated heterocycles. The van der Waals surface area contributed by atoms with Gasteiger partial charge < -0.3 is 15.4 Å². The largest absolute Gasteiger partial charge is 0.384 e. The van der Waals surface area contributed by atoms with Gasteiger partial charge in [-0.3, -0.25) is 0 Å². The highest BCUT2D eigenvalue weighted by atomic mass is 16.5. The number of pyridine rings is 1. The van der Waals surface area contributed by atoms with Crippen LogP contribution in [0.15, 0.2) is 18.3 Å². The smallest absolute Gasteiger partial charge is 0.123 e. The molecule has 0 atom stereocenters. The monoisotopic (exact) mass is 233 g/mol. The zero-order valence-electron chi connectivity index (χ0n) is 10.1. The molecule has 0 bridgehead atoms. The van der Waals surface area contributed by atoms with Crippen LogP contribution < -0.4 is 10.6 Å². The van der Waals surface area contributed by atoms with Gasteiger partial charge in [0.1, 0.15) is 5.82 Å². The van der Waals surface area contributed by atoms with E-state index in [1.165, 1.54) is 24.9 Å². The third-order valence-corrected chi connectivity index (χ3v) is 4.14. The number of piperidine rings is 1. The lowest BCUT2D eigenvalue weighted by Gasteiger charge is -2.39. The molecule has 0 aliphatic carbocycles. The summed E-state index contributed by atoms with van der Waals surface area (Å²) in [5.74, 6) is 0.589. The van der Waals surface area contributed by atoms with Crippen LogP contribution >= 0.6 is 0 Å². The zero-order chi connectivity index (χ0) is 11.7. The summed E-state index contributed by atoms with van der Waals surface area (Å²) in [6.45, 7) is 4.12. The molecule has 3 heterocycles. The summed E-state index contributed by atoms with van der Waals surface area (Å²) >= 11 is 0. The van der Waals surface area contributed by atoms with Crippen LogP contribution in [-0.2, 0) is 4.74 Å². The molecule has 2 fully saturated rings. The summed E-state index contributed by atoms with van der Waals surface area (Å²) in [6.07, 6.45) is 5.58. The number of aromatic nitrogens is 1. The molecule has 92 valence electrons. The van der Waals surface area contributed by atoms with Crippen LogP contribution in [0.1, 0.15) is 19.3 Å². The molecule has 0 aromatic carbocycles. The van der Waals surface area contributed by atoms with Crippen LogP contribution in [0.5, 0.6) is 0 Å². The number of hydrogen-bond acceptors (Lipinski definition) is 4. The van der Waals surface area contributed by atoms with Crippen LogP contribution in [0.4, 0.5) is 11.5 Å². The van der Waals surface area contributed by atoms with E-state index in [4.69, 9.17) is 10.5 Å². The fourth-order valence-electron chi connectivity index (χ4n) is 2.87. The second-order valence-corrected chi connectivity index (χ2v) is 5.23. The summed E-state index contributed by atoms with van der Waals surface area (Å²) in [6, 6.07) is 3.93. The Morgan fingerprint density at radius 1 is 1.24 bits per heavy atom. The van der Waals surface area contributed by atoms with E-state index < -0.39 is 0 Å². The van der Waals surface area contributed by atoms with Crippen molar-refractivity contribution in [2.24, 2.45) is 5.41 Å². The van der Waals surface area contributed by atoms with Crippen molar-refractivity contribution in [3.8, 4) is 0 Å². The van der Waals surface area contributed by atoms with Crippen LogP contribution in [0.25, 0.3) is 0 Å². The van der Waals surface area contributed by atoms with E-state index in [9.17, 15) is 0 Å². The first-order valence-electron chi connectivity index (χ1n) is 6.32. The quantitative estimate of drug-likeness (QED) is 0.801. The number of rotatable bonds is 1. The minimum Gasteiger partial charge on any atom is -0.384 e. The second kappa shape index (κ2) is 4.18. The minimum atomic E-state index is 0.470. The van der Waals surface area contributed by atoms with Crippen molar-refractivity contribution in [2.75, 3.05) is 36.9 Å². The van der Waals surface area contributed by atoms with Crippen molar-refractivity contribution >= 4 is 11.5 Å². The molecule has 0 saturated carbocycles. The highest BCUT2D eigenvalue weighted by molar-refractivity contribution is 5.48. The van der Waals surface area contributed by atoms with Gasteiger partial charge in [-0.05, 0) is 36.8 Å². The second-order valence-electron chi connectivity index (χ2n) is 5.23. The number of nitrogens with zero attached hydrogens (tertiary/aromatic N) is 2. The van der Waals surface area contributed by atoms with Gasteiger partial charge in [0.2, 0.25) is 0 Å². The lowest BCUT2D eigenvalue weighted by Crippen LogP contribution is -2.40. The topological polar surface area (TPSA) is 51.4 Å². The molecule has 0 radical (unpaired) electrons. The highest BCUT2D eigenvalue weighted by Crippen LogP contribution is 2.39. The van der Waals surface area contributed by atoms with Crippen LogP contribution in [0.2, 0.25) is 0 Å². The average molecular weight is 233 g/mol. The van der Waals surface area contributed by atoms with Crippen LogP contribution in [0.3, 0.4) is 0 Å². The summed E-state index contributed by atoms with van der Waals surface area (Å²) in [5.41, 5.74) is 7.26. The molecule has 2 N–H and O–H groups in total. The van der Waals surface area contributed by atoms with E-state index in [0.29, 0.717) is 11.2 Å². The van der Waals surface area contributed by atoms with E-state index in [2.05, 4.69) is 16.0 Å². The standard InChI is InChI=1S/C13H19N3O/c14-12-2-1-11(9-15-12)16-6-3-13(4-7-16)5-8-17-10-13/h1-2,9H,3-8,10H2,(H2,14,15). The molecule has 17 heavy (non-hydrogen) atoms. The summed E-state index contributed by atoms with van der Waals surface area (Å²) < 4.78 is 5.55. The number of nitrogen functional groups attached to an aromatic ring is 1. The van der Waals surface area contributed by atoms with Gasteiger partial charge in [0, 0.05) is 19.7 Å². The van der Waals surface area contributed by atoms with E-state index in [1.807, 2.05) is 12.3 Å². The minimum absolute atomic E-state index is 0.470. The zero-order valence-corrected chi connectivity index (χ0v) is 10.1. The average Bonchev–Trinajstić information content (AvgIpc) is 2.80. The van der Waals surface area contributed by atoms with Crippen molar-refractivity contribution in [1.29, 1.82) is 0 Å². The molecule has 2 aliphatic rings. The lowest BCUT2D eigenvalue weighted by molar-refractivity contribution is 0.134. The molecule has 0 amide bonds. The molecule has 3 rings (SSSR count). The molecule has 1 aromatic heterocycles. The number of nitrogens with two attached hydrogens (primary N) is 1. The maximum Gasteiger partial charge on any atom is 0.123 e. The van der Waals surface area contributed by atoms with Gasteiger partial charge >= 0.3 is 0 Å². The van der Waals surface area contributed by atoms with Gasteiger partial charge in [-0.15, -0.1) is 0 Å². The fourth-order valence-corrected chi connectivity index (χ4v) is 2.87. The Bertz CT molecular complexity index is 374. The van der Waals surface area contributed by atoms with E-state index >= 15 is 0 Å². The Morgan fingerprint density at radius 3 is 2.65 bits per heavy atom. The van der Waals surface area contributed by atoms with Gasteiger partial charge in [0.15, 0.2) is 0 Å². The first kappa shape index (κ1) is 10.8. The van der Waals surface area contributed by atoms with Gasteiger partial charge in [0.05, 0.1) is 18.5 Å². The molecule has 0 unspecified atom stereocenters. The third-order valence-electron chi connectivity index (χ3n) is 4.14. The Kier molecular flexibility index (Phi) is 2.67. The Hall–Kier alpha value is -1.29. The van der Waals surface area contributed by atoms with Crippen molar-refractivity contribution in [3.05, 3.63) is 18.3 Å². The summed E-state index contributed by atoms with van der Waals surface area (Å²) in [7, 11) is 0. The lowest BCUT2D eigenvalue weighted by atomic mass is 9.78. The molecule has 4 heteroatoms. The number of ether oxygens (including phenoxy) is 1. The van der Waals surface area contributed by atoms with Gasteiger partial charge in [-0.1, -0.05) is 0 Å². The summed E-state index contributed by atoms with van der Waals surface area (Å²) in [4.78, 5) is 6.55. The molecular weight excluding hydrogens is 214 g/mol. The predicted octanol–water partition coefficient (Wildman–Crippen LogP) is 1.67. The maximum absolute atomic E-state index is 5.60. The Labute approximate surface area is 102 Å². The van der Waals surface area contributed by atoms with E-state index in [1.54, 1.807) is 0 Å². The third kappa shape index (κ3) is 2.09. The highest BCUT2D eigenvalue weighted by Gasteiger charge is 2.37. The van der Waals surface area contributed by atoms with Crippen molar-refractivity contribution in [3.63, 3.8) is 0 Å². The predicted molar refractivity (Wildman–Crippen MR) is 68.0 cm³/mol.